The molecule has 2 heterocycles. The molecule has 1 aromatic heterocycles. The second-order valence-electron chi connectivity index (χ2n) is 6.73. The predicted octanol–water partition coefficient (Wildman–Crippen LogP) is 2.19. The number of urea groups is 1. The Bertz CT molecular complexity index is 501. The van der Waals surface area contributed by atoms with E-state index in [2.05, 4.69) is 29.3 Å². The van der Waals surface area contributed by atoms with Crippen LogP contribution in [0.4, 0.5) is 4.79 Å². The highest BCUT2D eigenvalue weighted by Gasteiger charge is 2.27. The lowest BCUT2D eigenvalue weighted by atomic mass is 10.0. The Labute approximate surface area is 137 Å². The van der Waals surface area contributed by atoms with Gasteiger partial charge in [-0.15, -0.1) is 0 Å². The van der Waals surface area contributed by atoms with Crippen LogP contribution in [0, 0.1) is 5.92 Å². The van der Waals surface area contributed by atoms with Crippen molar-refractivity contribution in [3.05, 3.63) is 11.7 Å². The quantitative estimate of drug-likeness (QED) is 0.867. The summed E-state index contributed by atoms with van der Waals surface area (Å²) in [5.41, 5.74) is 0. The Morgan fingerprint density at radius 1 is 1.39 bits per heavy atom. The molecular formula is C16H28N4O3. The van der Waals surface area contributed by atoms with Crippen LogP contribution in [-0.4, -0.2) is 53.4 Å². The van der Waals surface area contributed by atoms with E-state index in [4.69, 9.17) is 9.26 Å². The van der Waals surface area contributed by atoms with Crippen LogP contribution in [0.2, 0.25) is 0 Å². The van der Waals surface area contributed by atoms with E-state index in [9.17, 15) is 4.79 Å². The van der Waals surface area contributed by atoms with Crippen molar-refractivity contribution in [1.82, 2.24) is 20.4 Å². The Hall–Kier alpha value is -1.63. The second-order valence-corrected chi connectivity index (χ2v) is 6.73. The molecule has 2 rings (SSSR count). The number of aromatic nitrogens is 2. The minimum atomic E-state index is -0.0393. The zero-order valence-electron chi connectivity index (χ0n) is 14.5. The molecule has 23 heavy (non-hydrogen) atoms. The largest absolute Gasteiger partial charge is 0.377 e. The Balaban J connectivity index is 1.80. The van der Waals surface area contributed by atoms with Crippen molar-refractivity contribution in [1.29, 1.82) is 0 Å². The molecule has 0 spiro atoms. The highest BCUT2D eigenvalue weighted by atomic mass is 16.5. The fourth-order valence-electron chi connectivity index (χ4n) is 2.64. The molecule has 1 fully saturated rings. The third kappa shape index (κ3) is 5.20. The van der Waals surface area contributed by atoms with Gasteiger partial charge in [0.25, 0.3) is 0 Å². The number of rotatable bonds is 6. The van der Waals surface area contributed by atoms with Crippen molar-refractivity contribution in [3.8, 4) is 0 Å². The molecule has 1 atom stereocenters. The average Bonchev–Trinajstić information content (AvgIpc) is 2.96. The summed E-state index contributed by atoms with van der Waals surface area (Å²) in [5.74, 6) is 2.04. The van der Waals surface area contributed by atoms with Gasteiger partial charge in [-0.2, -0.15) is 4.98 Å². The van der Waals surface area contributed by atoms with Gasteiger partial charge in [0, 0.05) is 25.4 Å². The van der Waals surface area contributed by atoms with Gasteiger partial charge in [-0.1, -0.05) is 32.9 Å². The number of amides is 2. The molecule has 0 aliphatic carbocycles. The van der Waals surface area contributed by atoms with Crippen LogP contribution in [0.25, 0.3) is 0 Å². The fraction of sp³-hybridized carbons (Fsp3) is 0.812. The van der Waals surface area contributed by atoms with Gasteiger partial charge in [-0.05, 0) is 12.3 Å². The molecule has 1 aliphatic rings. The van der Waals surface area contributed by atoms with Crippen molar-refractivity contribution in [2.75, 3.05) is 26.3 Å². The normalized spacial score (nSPS) is 18.7. The van der Waals surface area contributed by atoms with Crippen LogP contribution < -0.4 is 5.32 Å². The molecular weight excluding hydrogens is 296 g/mol. The fourth-order valence-corrected chi connectivity index (χ4v) is 2.64. The minimum absolute atomic E-state index is 0.0393. The first-order chi connectivity index (χ1) is 11.0. The van der Waals surface area contributed by atoms with Crippen LogP contribution in [0.15, 0.2) is 4.52 Å². The van der Waals surface area contributed by atoms with Gasteiger partial charge in [0.2, 0.25) is 5.89 Å². The van der Waals surface area contributed by atoms with Crippen molar-refractivity contribution in [2.45, 2.75) is 52.5 Å². The lowest BCUT2D eigenvalue weighted by Gasteiger charge is -2.36. The molecule has 1 aromatic rings. The summed E-state index contributed by atoms with van der Waals surface area (Å²) >= 11 is 0. The highest BCUT2D eigenvalue weighted by Crippen LogP contribution is 2.15. The first kappa shape index (κ1) is 17.7. The van der Waals surface area contributed by atoms with Crippen LogP contribution >= 0.6 is 0 Å². The first-order valence-electron chi connectivity index (χ1n) is 8.42. The van der Waals surface area contributed by atoms with E-state index < -0.39 is 0 Å². The van der Waals surface area contributed by atoms with Gasteiger partial charge < -0.3 is 19.5 Å². The summed E-state index contributed by atoms with van der Waals surface area (Å²) < 4.78 is 10.7. The summed E-state index contributed by atoms with van der Waals surface area (Å²) in [4.78, 5) is 18.6. The maximum Gasteiger partial charge on any atom is 0.317 e. The topological polar surface area (TPSA) is 80.5 Å². The van der Waals surface area contributed by atoms with Crippen molar-refractivity contribution in [2.24, 2.45) is 5.92 Å². The molecule has 1 saturated heterocycles. The third-order valence-corrected chi connectivity index (χ3v) is 3.85. The molecule has 0 radical (unpaired) electrons. The van der Waals surface area contributed by atoms with Gasteiger partial charge in [0.1, 0.15) is 0 Å². The standard InChI is InChI=1S/C16H28N4O3/c1-11(2)9-13-10-22-8-7-20(13)16(21)17-6-5-14-18-15(12(3)4)19-23-14/h11-13H,5-10H2,1-4H3,(H,17,21)/t13-/m0/s1. The first-order valence-corrected chi connectivity index (χ1v) is 8.42. The van der Waals surface area contributed by atoms with E-state index in [1.807, 2.05) is 18.7 Å². The van der Waals surface area contributed by atoms with E-state index in [1.54, 1.807) is 0 Å². The molecule has 0 aromatic carbocycles. The van der Waals surface area contributed by atoms with Gasteiger partial charge in [0.15, 0.2) is 5.82 Å². The zero-order valence-corrected chi connectivity index (χ0v) is 14.5. The lowest BCUT2D eigenvalue weighted by molar-refractivity contribution is 0.00562. The number of morpholine rings is 1. The average molecular weight is 324 g/mol. The Kier molecular flexibility index (Phi) is 6.38. The van der Waals surface area contributed by atoms with Crippen LogP contribution in [0.3, 0.4) is 0 Å². The molecule has 130 valence electrons. The van der Waals surface area contributed by atoms with Crippen molar-refractivity contribution < 1.29 is 14.1 Å². The Morgan fingerprint density at radius 3 is 2.83 bits per heavy atom. The number of carbonyl (C=O) groups excluding carboxylic acids is 1. The van der Waals surface area contributed by atoms with Crippen molar-refractivity contribution in [3.63, 3.8) is 0 Å². The van der Waals surface area contributed by atoms with Gasteiger partial charge in [-0.3, -0.25) is 0 Å². The van der Waals surface area contributed by atoms with Gasteiger partial charge in [-0.25, -0.2) is 4.79 Å². The molecule has 2 amide bonds. The monoisotopic (exact) mass is 324 g/mol. The molecule has 0 bridgehead atoms. The van der Waals surface area contributed by atoms with Gasteiger partial charge >= 0.3 is 6.03 Å². The molecule has 0 unspecified atom stereocenters. The number of hydrogen-bond acceptors (Lipinski definition) is 5. The number of nitrogens with zero attached hydrogens (tertiary/aromatic N) is 3. The highest BCUT2D eigenvalue weighted by molar-refractivity contribution is 5.74. The number of hydrogen-bond donors (Lipinski definition) is 1. The van der Waals surface area contributed by atoms with Gasteiger partial charge in [0.05, 0.1) is 19.3 Å². The van der Waals surface area contributed by atoms with E-state index in [-0.39, 0.29) is 18.0 Å². The summed E-state index contributed by atoms with van der Waals surface area (Å²) in [6, 6.07) is 0.113. The summed E-state index contributed by atoms with van der Waals surface area (Å²) in [6.45, 7) is 10.7. The van der Waals surface area contributed by atoms with Crippen LogP contribution in [0.1, 0.15) is 51.7 Å². The van der Waals surface area contributed by atoms with E-state index >= 15 is 0 Å². The molecule has 1 N–H and O–H groups in total. The molecule has 1 aliphatic heterocycles. The minimum Gasteiger partial charge on any atom is -0.377 e. The van der Waals surface area contributed by atoms with Crippen molar-refractivity contribution >= 4 is 6.03 Å². The molecule has 7 nitrogen and oxygen atoms in total. The lowest BCUT2D eigenvalue weighted by Crippen LogP contribution is -2.53. The predicted molar refractivity (Wildman–Crippen MR) is 86.3 cm³/mol. The molecule has 0 saturated carbocycles. The Morgan fingerprint density at radius 2 is 2.17 bits per heavy atom. The van der Waals surface area contributed by atoms with E-state index in [0.29, 0.717) is 50.4 Å². The number of carbonyl (C=O) groups is 1. The van der Waals surface area contributed by atoms with Crippen LogP contribution in [0.5, 0.6) is 0 Å². The molecule has 7 heteroatoms. The van der Waals surface area contributed by atoms with E-state index in [0.717, 1.165) is 6.42 Å². The summed E-state index contributed by atoms with van der Waals surface area (Å²) in [5, 5.41) is 6.87. The number of nitrogens with one attached hydrogen (secondary N) is 1. The SMILES string of the molecule is CC(C)C[C@H]1COCCN1C(=O)NCCc1nc(C(C)C)no1. The smallest absolute Gasteiger partial charge is 0.317 e. The van der Waals surface area contributed by atoms with Crippen LogP contribution in [-0.2, 0) is 11.2 Å². The van der Waals surface area contributed by atoms with E-state index in [1.165, 1.54) is 0 Å². The zero-order chi connectivity index (χ0) is 16.8. The number of ether oxygens (including phenoxy) is 1. The third-order valence-electron chi connectivity index (χ3n) is 3.85. The second kappa shape index (κ2) is 8.29. The summed E-state index contributed by atoms with van der Waals surface area (Å²) in [6.07, 6.45) is 1.50. The maximum atomic E-state index is 12.4. The maximum absolute atomic E-state index is 12.4. The summed E-state index contributed by atoms with van der Waals surface area (Å²) in [7, 11) is 0.